The van der Waals surface area contributed by atoms with Crippen molar-refractivity contribution in [3.8, 4) is 0 Å². The summed E-state index contributed by atoms with van der Waals surface area (Å²) in [7, 11) is 1.84. The number of aliphatic hydroxyl groups is 1. The summed E-state index contributed by atoms with van der Waals surface area (Å²) in [6.45, 7) is 5.16. The average Bonchev–Trinajstić information content (AvgIpc) is 2.77. The smallest absolute Gasteiger partial charge is 0.317 e. The fraction of sp³-hybridized carbons (Fsp3) is 0.938. The minimum atomic E-state index is -0.226. The number of carbonyl (C=O) groups is 1. The van der Waals surface area contributed by atoms with Crippen molar-refractivity contribution >= 4 is 6.03 Å². The third-order valence-corrected chi connectivity index (χ3v) is 5.28. The Morgan fingerprint density at radius 2 is 2.00 bits per heavy atom. The topological polar surface area (TPSA) is 52.6 Å². The van der Waals surface area contributed by atoms with E-state index in [9.17, 15) is 9.90 Å². The Balaban J connectivity index is 1.84. The molecule has 20 heavy (non-hydrogen) atoms. The molecule has 0 bridgehead atoms. The molecule has 0 heterocycles. The van der Waals surface area contributed by atoms with Crippen LogP contribution in [0.4, 0.5) is 4.79 Å². The van der Waals surface area contributed by atoms with Crippen molar-refractivity contribution in [1.82, 2.24) is 10.2 Å². The van der Waals surface area contributed by atoms with E-state index in [0.29, 0.717) is 6.54 Å². The van der Waals surface area contributed by atoms with Crippen LogP contribution < -0.4 is 5.32 Å². The van der Waals surface area contributed by atoms with Gasteiger partial charge in [0.2, 0.25) is 0 Å². The lowest BCUT2D eigenvalue weighted by molar-refractivity contribution is 0.109. The van der Waals surface area contributed by atoms with Crippen LogP contribution >= 0.6 is 0 Å². The number of urea groups is 1. The maximum absolute atomic E-state index is 12.3. The van der Waals surface area contributed by atoms with Gasteiger partial charge in [0.05, 0.1) is 6.10 Å². The maximum atomic E-state index is 12.3. The number of hydrogen-bond acceptors (Lipinski definition) is 2. The number of carbonyl (C=O) groups excluding carboxylic acids is 1. The van der Waals surface area contributed by atoms with Crippen molar-refractivity contribution in [3.05, 3.63) is 0 Å². The molecule has 2 saturated carbocycles. The molecular formula is C16H30N2O2. The molecule has 2 rings (SSSR count). The Labute approximate surface area is 122 Å². The Hall–Kier alpha value is -0.770. The lowest BCUT2D eigenvalue weighted by atomic mass is 9.73. The molecule has 0 aromatic rings. The highest BCUT2D eigenvalue weighted by Gasteiger charge is 2.34. The average molecular weight is 282 g/mol. The van der Waals surface area contributed by atoms with E-state index in [1.54, 1.807) is 4.90 Å². The summed E-state index contributed by atoms with van der Waals surface area (Å²) in [5.41, 5.74) is 0.196. The van der Waals surface area contributed by atoms with E-state index in [0.717, 1.165) is 25.7 Å². The highest BCUT2D eigenvalue weighted by atomic mass is 16.3. The van der Waals surface area contributed by atoms with E-state index in [2.05, 4.69) is 19.2 Å². The molecule has 4 nitrogen and oxygen atoms in total. The summed E-state index contributed by atoms with van der Waals surface area (Å²) >= 11 is 0. The highest BCUT2D eigenvalue weighted by molar-refractivity contribution is 5.74. The van der Waals surface area contributed by atoms with Gasteiger partial charge in [-0.15, -0.1) is 0 Å². The monoisotopic (exact) mass is 282 g/mol. The number of hydrogen-bond donors (Lipinski definition) is 2. The minimum Gasteiger partial charge on any atom is -0.393 e. The zero-order valence-corrected chi connectivity index (χ0v) is 13.2. The molecule has 2 fully saturated rings. The van der Waals surface area contributed by atoms with E-state index in [-0.39, 0.29) is 29.5 Å². The van der Waals surface area contributed by atoms with Crippen molar-refractivity contribution in [2.24, 2.45) is 11.3 Å². The summed E-state index contributed by atoms with van der Waals surface area (Å²) < 4.78 is 0. The van der Waals surface area contributed by atoms with Crippen LogP contribution in [0.15, 0.2) is 0 Å². The quantitative estimate of drug-likeness (QED) is 0.836. The van der Waals surface area contributed by atoms with Gasteiger partial charge >= 0.3 is 6.03 Å². The molecule has 2 N–H and O–H groups in total. The first-order valence-corrected chi connectivity index (χ1v) is 8.10. The second-order valence-corrected chi connectivity index (χ2v) is 7.38. The van der Waals surface area contributed by atoms with Gasteiger partial charge in [0.25, 0.3) is 0 Å². The molecule has 0 aliphatic heterocycles. The third kappa shape index (κ3) is 3.66. The first-order valence-electron chi connectivity index (χ1n) is 8.10. The van der Waals surface area contributed by atoms with Crippen LogP contribution in [0.2, 0.25) is 0 Å². The molecule has 0 spiro atoms. The van der Waals surface area contributed by atoms with Gasteiger partial charge in [-0.3, -0.25) is 0 Å². The van der Waals surface area contributed by atoms with Gasteiger partial charge in [-0.1, -0.05) is 33.1 Å². The molecule has 116 valence electrons. The van der Waals surface area contributed by atoms with Crippen LogP contribution in [0, 0.1) is 11.3 Å². The van der Waals surface area contributed by atoms with E-state index in [1.807, 2.05) is 7.05 Å². The molecule has 2 aliphatic carbocycles. The number of amides is 2. The van der Waals surface area contributed by atoms with Gasteiger partial charge < -0.3 is 15.3 Å². The molecular weight excluding hydrogens is 252 g/mol. The molecule has 2 aliphatic rings. The van der Waals surface area contributed by atoms with Crippen molar-refractivity contribution in [1.29, 1.82) is 0 Å². The van der Waals surface area contributed by atoms with E-state index in [4.69, 9.17) is 0 Å². The zero-order chi connectivity index (χ0) is 14.8. The Kier molecular flexibility index (Phi) is 4.95. The van der Waals surface area contributed by atoms with E-state index in [1.165, 1.54) is 19.3 Å². The minimum absolute atomic E-state index is 0.0177. The zero-order valence-electron chi connectivity index (χ0n) is 13.2. The summed E-state index contributed by atoms with van der Waals surface area (Å²) in [5.74, 6) is 0.255. The van der Waals surface area contributed by atoms with Gasteiger partial charge in [-0.05, 0) is 31.1 Å². The van der Waals surface area contributed by atoms with Gasteiger partial charge in [0, 0.05) is 25.6 Å². The van der Waals surface area contributed by atoms with Gasteiger partial charge in [0.1, 0.15) is 0 Å². The maximum Gasteiger partial charge on any atom is 0.317 e. The molecule has 3 unspecified atom stereocenters. The number of nitrogens with zero attached hydrogens (tertiary/aromatic N) is 1. The number of rotatable bonds is 3. The number of nitrogens with one attached hydrogen (secondary N) is 1. The Bertz CT molecular complexity index is 343. The summed E-state index contributed by atoms with van der Waals surface area (Å²) in [6.07, 6.45) is 7.52. The SMILES string of the molecule is CN(CC1CCCC1O)C(=O)NC1CCCCC1(C)C. The van der Waals surface area contributed by atoms with Crippen LogP contribution in [0.1, 0.15) is 58.8 Å². The van der Waals surface area contributed by atoms with Crippen molar-refractivity contribution < 1.29 is 9.90 Å². The normalized spacial score (nSPS) is 32.9. The fourth-order valence-corrected chi connectivity index (χ4v) is 3.69. The lowest BCUT2D eigenvalue weighted by Crippen LogP contribution is -2.51. The second kappa shape index (κ2) is 6.33. The van der Waals surface area contributed by atoms with Crippen LogP contribution in [0.5, 0.6) is 0 Å². The summed E-state index contributed by atoms with van der Waals surface area (Å²) in [4.78, 5) is 14.1. The van der Waals surface area contributed by atoms with Crippen LogP contribution in [0.25, 0.3) is 0 Å². The third-order valence-electron chi connectivity index (χ3n) is 5.28. The fourth-order valence-electron chi connectivity index (χ4n) is 3.69. The predicted molar refractivity (Wildman–Crippen MR) is 80.5 cm³/mol. The van der Waals surface area contributed by atoms with Gasteiger partial charge in [-0.2, -0.15) is 0 Å². The molecule has 4 heteroatoms. The molecule has 0 aromatic heterocycles. The van der Waals surface area contributed by atoms with Crippen molar-refractivity contribution in [2.45, 2.75) is 70.9 Å². The molecule has 0 saturated heterocycles. The van der Waals surface area contributed by atoms with Crippen LogP contribution in [0.3, 0.4) is 0 Å². The molecule has 3 atom stereocenters. The van der Waals surface area contributed by atoms with Gasteiger partial charge in [-0.25, -0.2) is 4.79 Å². The van der Waals surface area contributed by atoms with Crippen molar-refractivity contribution in [3.63, 3.8) is 0 Å². The second-order valence-electron chi connectivity index (χ2n) is 7.38. The van der Waals surface area contributed by atoms with Crippen LogP contribution in [-0.4, -0.2) is 41.8 Å². The first-order chi connectivity index (χ1) is 9.40. The predicted octanol–water partition coefficient (Wildman–Crippen LogP) is 2.76. The van der Waals surface area contributed by atoms with Crippen LogP contribution in [-0.2, 0) is 0 Å². The van der Waals surface area contributed by atoms with E-state index < -0.39 is 0 Å². The van der Waals surface area contributed by atoms with Gasteiger partial charge in [0.15, 0.2) is 0 Å². The Morgan fingerprint density at radius 3 is 2.60 bits per heavy atom. The van der Waals surface area contributed by atoms with E-state index >= 15 is 0 Å². The lowest BCUT2D eigenvalue weighted by Gasteiger charge is -2.40. The Morgan fingerprint density at radius 1 is 1.25 bits per heavy atom. The van der Waals surface area contributed by atoms with Crippen molar-refractivity contribution in [2.75, 3.05) is 13.6 Å². The molecule has 0 radical (unpaired) electrons. The molecule has 2 amide bonds. The molecule has 0 aromatic carbocycles. The number of aliphatic hydroxyl groups excluding tert-OH is 1. The highest BCUT2D eigenvalue weighted by Crippen LogP contribution is 2.35. The summed E-state index contributed by atoms with van der Waals surface area (Å²) in [5, 5.41) is 13.1. The standard InChI is InChI=1S/C16H30N2O2/c1-16(2)10-5-4-9-14(16)17-15(20)18(3)11-12-7-6-8-13(12)19/h12-14,19H,4-11H2,1-3H3,(H,17,20). The summed E-state index contributed by atoms with van der Waals surface area (Å²) in [6, 6.07) is 0.295. The first kappa shape index (κ1) is 15.6. The largest absolute Gasteiger partial charge is 0.393 e.